The van der Waals surface area contributed by atoms with Gasteiger partial charge in [0, 0.05) is 36.6 Å². The lowest BCUT2D eigenvalue weighted by Crippen LogP contribution is -2.35. The lowest BCUT2D eigenvalue weighted by molar-refractivity contribution is -0.129. The summed E-state index contributed by atoms with van der Waals surface area (Å²) in [5.41, 5.74) is 2.89. The molecule has 1 amide bonds. The van der Waals surface area contributed by atoms with Crippen LogP contribution in [-0.4, -0.2) is 36.8 Å². The Balaban J connectivity index is 1.85. The standard InChI is InChI=1S/C17H21F2N5O/c1-3-17(25)24(10-12-7-21-23(9-12)11-16(18)19)15-6-4-5-14-13(15)8-20-22(14)2/h3,7-9,15-16H,1,4-6,10-11H2,2H3. The Morgan fingerprint density at radius 2 is 2.28 bits per heavy atom. The molecule has 2 heterocycles. The van der Waals surface area contributed by atoms with Crippen molar-refractivity contribution in [2.75, 3.05) is 0 Å². The minimum Gasteiger partial charge on any atom is -0.328 e. The van der Waals surface area contributed by atoms with E-state index < -0.39 is 13.0 Å². The normalized spacial score (nSPS) is 16.7. The van der Waals surface area contributed by atoms with Crippen LogP contribution >= 0.6 is 0 Å². The molecule has 134 valence electrons. The van der Waals surface area contributed by atoms with Crippen molar-refractivity contribution in [3.05, 3.63) is 48.1 Å². The average molecular weight is 349 g/mol. The van der Waals surface area contributed by atoms with Crippen molar-refractivity contribution in [1.82, 2.24) is 24.5 Å². The molecular formula is C17H21F2N5O. The molecule has 2 aromatic rings. The minimum atomic E-state index is -2.46. The Labute approximate surface area is 144 Å². The van der Waals surface area contributed by atoms with Gasteiger partial charge in [-0.3, -0.25) is 14.2 Å². The third kappa shape index (κ3) is 3.62. The van der Waals surface area contributed by atoms with Gasteiger partial charge in [0.05, 0.1) is 18.4 Å². The van der Waals surface area contributed by atoms with E-state index in [2.05, 4.69) is 16.8 Å². The van der Waals surface area contributed by atoms with E-state index in [0.717, 1.165) is 30.5 Å². The Morgan fingerprint density at radius 3 is 3.00 bits per heavy atom. The predicted octanol–water partition coefficient (Wildman–Crippen LogP) is 2.47. The van der Waals surface area contributed by atoms with Crippen LogP contribution in [0.25, 0.3) is 0 Å². The highest BCUT2D eigenvalue weighted by molar-refractivity contribution is 5.87. The summed E-state index contributed by atoms with van der Waals surface area (Å²) in [5, 5.41) is 8.26. The fourth-order valence-electron chi connectivity index (χ4n) is 3.39. The Hall–Kier alpha value is -2.51. The van der Waals surface area contributed by atoms with Crippen LogP contribution < -0.4 is 0 Å². The summed E-state index contributed by atoms with van der Waals surface area (Å²) in [5.74, 6) is -0.191. The molecule has 0 radical (unpaired) electrons. The Morgan fingerprint density at radius 1 is 1.48 bits per heavy atom. The quantitative estimate of drug-likeness (QED) is 0.753. The first-order valence-corrected chi connectivity index (χ1v) is 8.23. The number of nitrogens with zero attached hydrogens (tertiary/aromatic N) is 5. The maximum Gasteiger partial charge on any atom is 0.257 e. The molecule has 1 aliphatic carbocycles. The van der Waals surface area contributed by atoms with Crippen LogP contribution in [-0.2, 0) is 31.4 Å². The lowest BCUT2D eigenvalue weighted by Gasteiger charge is -2.33. The largest absolute Gasteiger partial charge is 0.328 e. The van der Waals surface area contributed by atoms with Crippen LogP contribution in [0.15, 0.2) is 31.2 Å². The molecule has 0 spiro atoms. The highest BCUT2D eigenvalue weighted by atomic mass is 19.3. The zero-order valence-electron chi connectivity index (χ0n) is 14.1. The summed E-state index contributed by atoms with van der Waals surface area (Å²) in [6.45, 7) is 3.44. The molecule has 0 bridgehead atoms. The molecule has 0 aliphatic heterocycles. The smallest absolute Gasteiger partial charge is 0.257 e. The molecule has 0 fully saturated rings. The van der Waals surface area contributed by atoms with Gasteiger partial charge in [-0.2, -0.15) is 10.2 Å². The summed E-state index contributed by atoms with van der Waals surface area (Å²) in [7, 11) is 1.90. The number of alkyl halides is 2. The van der Waals surface area contributed by atoms with Crippen molar-refractivity contribution in [3.63, 3.8) is 0 Å². The van der Waals surface area contributed by atoms with E-state index in [1.807, 2.05) is 17.9 Å². The van der Waals surface area contributed by atoms with E-state index in [-0.39, 0.29) is 11.9 Å². The third-order valence-corrected chi connectivity index (χ3v) is 4.54. The number of aromatic nitrogens is 4. The SMILES string of the molecule is C=CC(=O)N(Cc1cnn(CC(F)F)c1)C1CCCc2c1cnn2C. The summed E-state index contributed by atoms with van der Waals surface area (Å²) in [4.78, 5) is 14.2. The molecule has 0 saturated carbocycles. The number of rotatable bonds is 6. The van der Waals surface area contributed by atoms with Gasteiger partial charge in [0.25, 0.3) is 6.43 Å². The molecule has 1 unspecified atom stereocenters. The van der Waals surface area contributed by atoms with Crippen molar-refractivity contribution in [2.24, 2.45) is 7.05 Å². The van der Waals surface area contributed by atoms with Crippen LogP contribution in [0.5, 0.6) is 0 Å². The molecule has 1 aliphatic rings. The summed E-state index contributed by atoms with van der Waals surface area (Å²) in [6.07, 6.45) is 6.45. The first kappa shape index (κ1) is 17.3. The van der Waals surface area contributed by atoms with Crippen LogP contribution in [0.1, 0.15) is 35.7 Å². The summed E-state index contributed by atoms with van der Waals surface area (Å²) in [6, 6.07) is -0.0959. The fourth-order valence-corrected chi connectivity index (χ4v) is 3.39. The van der Waals surface area contributed by atoms with Crippen molar-refractivity contribution in [1.29, 1.82) is 0 Å². The lowest BCUT2D eigenvalue weighted by atomic mass is 9.91. The number of halogens is 2. The van der Waals surface area contributed by atoms with E-state index in [0.29, 0.717) is 12.1 Å². The molecular weight excluding hydrogens is 328 g/mol. The second-order valence-electron chi connectivity index (χ2n) is 6.21. The highest BCUT2D eigenvalue weighted by Crippen LogP contribution is 2.35. The van der Waals surface area contributed by atoms with E-state index >= 15 is 0 Å². The van der Waals surface area contributed by atoms with E-state index in [1.54, 1.807) is 11.1 Å². The van der Waals surface area contributed by atoms with Gasteiger partial charge in [0.15, 0.2) is 0 Å². The first-order valence-electron chi connectivity index (χ1n) is 8.23. The molecule has 6 nitrogen and oxygen atoms in total. The number of fused-ring (bicyclic) bond motifs is 1. The molecule has 1 atom stereocenters. The van der Waals surface area contributed by atoms with E-state index in [1.165, 1.54) is 17.0 Å². The molecule has 0 N–H and O–H groups in total. The maximum absolute atomic E-state index is 12.5. The van der Waals surface area contributed by atoms with Crippen LogP contribution in [0.3, 0.4) is 0 Å². The molecule has 2 aromatic heterocycles. The van der Waals surface area contributed by atoms with Gasteiger partial charge in [0.1, 0.15) is 6.54 Å². The highest BCUT2D eigenvalue weighted by Gasteiger charge is 2.30. The number of aryl methyl sites for hydroxylation is 1. The van der Waals surface area contributed by atoms with Crippen molar-refractivity contribution >= 4 is 5.91 Å². The second kappa shape index (κ2) is 7.16. The average Bonchev–Trinajstić information content (AvgIpc) is 3.18. The first-order chi connectivity index (χ1) is 12.0. The number of amides is 1. The molecule has 0 saturated heterocycles. The van der Waals surface area contributed by atoms with Crippen molar-refractivity contribution in [3.8, 4) is 0 Å². The topological polar surface area (TPSA) is 56.0 Å². The molecule has 3 rings (SSSR count). The van der Waals surface area contributed by atoms with Crippen LogP contribution in [0.4, 0.5) is 8.78 Å². The number of hydrogen-bond acceptors (Lipinski definition) is 3. The number of hydrogen-bond donors (Lipinski definition) is 0. The van der Waals surface area contributed by atoms with Gasteiger partial charge >= 0.3 is 0 Å². The van der Waals surface area contributed by atoms with Crippen LogP contribution in [0, 0.1) is 0 Å². The molecule has 8 heteroatoms. The minimum absolute atomic E-state index is 0.0959. The second-order valence-corrected chi connectivity index (χ2v) is 6.21. The van der Waals surface area contributed by atoms with Gasteiger partial charge in [-0.1, -0.05) is 6.58 Å². The summed E-state index contributed by atoms with van der Waals surface area (Å²) >= 11 is 0. The number of carbonyl (C=O) groups excluding carboxylic acids is 1. The summed E-state index contributed by atoms with van der Waals surface area (Å²) < 4.78 is 28.0. The number of carbonyl (C=O) groups is 1. The Kier molecular flexibility index (Phi) is 4.96. The predicted molar refractivity (Wildman–Crippen MR) is 87.9 cm³/mol. The van der Waals surface area contributed by atoms with Crippen molar-refractivity contribution in [2.45, 2.75) is 44.8 Å². The zero-order valence-corrected chi connectivity index (χ0v) is 14.1. The van der Waals surface area contributed by atoms with Crippen LogP contribution in [0.2, 0.25) is 0 Å². The Bertz CT molecular complexity index is 767. The third-order valence-electron chi connectivity index (χ3n) is 4.54. The monoisotopic (exact) mass is 349 g/mol. The molecule has 25 heavy (non-hydrogen) atoms. The maximum atomic E-state index is 12.5. The van der Waals surface area contributed by atoms with Gasteiger partial charge in [0.2, 0.25) is 5.91 Å². The molecule has 0 aromatic carbocycles. The van der Waals surface area contributed by atoms with E-state index in [9.17, 15) is 13.6 Å². The van der Waals surface area contributed by atoms with Crippen molar-refractivity contribution < 1.29 is 13.6 Å². The fraction of sp³-hybridized carbons (Fsp3) is 0.471. The zero-order chi connectivity index (χ0) is 18.0. The van der Waals surface area contributed by atoms with Gasteiger partial charge in [-0.25, -0.2) is 8.78 Å². The van der Waals surface area contributed by atoms with Gasteiger partial charge in [-0.05, 0) is 25.3 Å². The van der Waals surface area contributed by atoms with Gasteiger partial charge in [-0.15, -0.1) is 0 Å². The van der Waals surface area contributed by atoms with E-state index in [4.69, 9.17) is 0 Å². The van der Waals surface area contributed by atoms with Gasteiger partial charge < -0.3 is 4.90 Å².